The van der Waals surface area contributed by atoms with Crippen molar-refractivity contribution in [2.45, 2.75) is 19.8 Å². The third-order valence-corrected chi connectivity index (χ3v) is 3.65. The number of carbonyl (C=O) groups is 1. The summed E-state index contributed by atoms with van der Waals surface area (Å²) in [5.74, 6) is 0.502. The minimum atomic E-state index is 0.0683. The minimum absolute atomic E-state index is 0.0683. The predicted molar refractivity (Wildman–Crippen MR) is 73.9 cm³/mol. The number of amides is 1. The fraction of sp³-hybridized carbons (Fsp3) is 0.500. The van der Waals surface area contributed by atoms with Crippen molar-refractivity contribution in [1.82, 2.24) is 4.90 Å². The third-order valence-electron chi connectivity index (χ3n) is 3.43. The van der Waals surface area contributed by atoms with Crippen LogP contribution in [0.3, 0.4) is 0 Å². The topological polar surface area (TPSA) is 46.3 Å². The van der Waals surface area contributed by atoms with Gasteiger partial charge in [0, 0.05) is 23.7 Å². The van der Waals surface area contributed by atoms with E-state index in [-0.39, 0.29) is 5.91 Å². The Morgan fingerprint density at radius 3 is 2.94 bits per heavy atom. The molecule has 0 radical (unpaired) electrons. The van der Waals surface area contributed by atoms with Gasteiger partial charge >= 0.3 is 0 Å². The van der Waals surface area contributed by atoms with Crippen LogP contribution in [-0.4, -0.2) is 30.4 Å². The lowest BCUT2D eigenvalue weighted by atomic mass is 9.97. The highest BCUT2D eigenvalue weighted by atomic mass is 35.5. The highest BCUT2D eigenvalue weighted by Gasteiger charge is 2.23. The van der Waals surface area contributed by atoms with Gasteiger partial charge in [-0.25, -0.2) is 0 Å². The highest BCUT2D eigenvalue weighted by molar-refractivity contribution is 6.31. The summed E-state index contributed by atoms with van der Waals surface area (Å²) in [5.41, 5.74) is 7.38. The molecule has 0 aromatic heterocycles. The van der Waals surface area contributed by atoms with Gasteiger partial charge in [-0.1, -0.05) is 11.6 Å². The lowest BCUT2D eigenvalue weighted by molar-refractivity contribution is 0.0678. The molecular weight excluding hydrogens is 248 g/mol. The van der Waals surface area contributed by atoms with Gasteiger partial charge < -0.3 is 10.6 Å². The van der Waals surface area contributed by atoms with Crippen molar-refractivity contribution < 1.29 is 4.79 Å². The molecule has 18 heavy (non-hydrogen) atoms. The van der Waals surface area contributed by atoms with Crippen LogP contribution in [0.1, 0.15) is 28.8 Å². The quantitative estimate of drug-likeness (QED) is 0.894. The molecule has 2 N–H and O–H groups in total. The Hall–Kier alpha value is -1.06. The van der Waals surface area contributed by atoms with E-state index in [9.17, 15) is 4.79 Å². The molecule has 3 nitrogen and oxygen atoms in total. The molecule has 1 aromatic rings. The van der Waals surface area contributed by atoms with Crippen LogP contribution >= 0.6 is 11.6 Å². The molecule has 1 aromatic carbocycles. The first kappa shape index (κ1) is 13.4. The molecule has 0 spiro atoms. The normalized spacial score (nSPS) is 19.9. The van der Waals surface area contributed by atoms with E-state index < -0.39 is 0 Å². The molecule has 0 saturated carbocycles. The van der Waals surface area contributed by atoms with Crippen molar-refractivity contribution in [2.75, 3.05) is 19.6 Å². The largest absolute Gasteiger partial charge is 0.338 e. The summed E-state index contributed by atoms with van der Waals surface area (Å²) >= 11 is 6.00. The molecule has 1 aliphatic heterocycles. The monoisotopic (exact) mass is 266 g/mol. The molecule has 1 unspecified atom stereocenters. The maximum atomic E-state index is 12.4. The molecule has 1 atom stereocenters. The van der Waals surface area contributed by atoms with Crippen LogP contribution < -0.4 is 5.73 Å². The van der Waals surface area contributed by atoms with Crippen LogP contribution in [0.4, 0.5) is 0 Å². The zero-order valence-corrected chi connectivity index (χ0v) is 11.4. The maximum absolute atomic E-state index is 12.4. The van der Waals surface area contributed by atoms with Crippen molar-refractivity contribution in [2.24, 2.45) is 11.7 Å². The number of benzene rings is 1. The number of piperidine rings is 1. The summed E-state index contributed by atoms with van der Waals surface area (Å²) in [6.07, 6.45) is 2.15. The number of rotatable bonds is 2. The van der Waals surface area contributed by atoms with Gasteiger partial charge in [0.15, 0.2) is 0 Å². The third kappa shape index (κ3) is 3.03. The average molecular weight is 267 g/mol. The van der Waals surface area contributed by atoms with Crippen LogP contribution in [0.2, 0.25) is 5.02 Å². The molecule has 1 aliphatic rings. The second-order valence-corrected chi connectivity index (χ2v) is 5.45. The number of halogens is 1. The molecule has 4 heteroatoms. The Bertz CT molecular complexity index is 427. The van der Waals surface area contributed by atoms with E-state index in [0.29, 0.717) is 23.0 Å². The number of nitrogens with two attached hydrogens (primary N) is 1. The van der Waals surface area contributed by atoms with E-state index >= 15 is 0 Å². The number of likely N-dealkylation sites (tertiary alicyclic amines) is 1. The van der Waals surface area contributed by atoms with E-state index in [0.717, 1.165) is 31.5 Å². The van der Waals surface area contributed by atoms with Crippen molar-refractivity contribution in [1.29, 1.82) is 0 Å². The van der Waals surface area contributed by atoms with Gasteiger partial charge in [0.05, 0.1) is 0 Å². The first-order valence-corrected chi connectivity index (χ1v) is 6.74. The number of nitrogens with zero attached hydrogens (tertiary/aromatic N) is 1. The first-order chi connectivity index (χ1) is 8.60. The average Bonchev–Trinajstić information content (AvgIpc) is 2.37. The van der Waals surface area contributed by atoms with Crippen LogP contribution in [0, 0.1) is 12.8 Å². The molecule has 2 rings (SSSR count). The summed E-state index contributed by atoms with van der Waals surface area (Å²) in [4.78, 5) is 14.3. The lowest BCUT2D eigenvalue weighted by Gasteiger charge is -2.32. The fourth-order valence-electron chi connectivity index (χ4n) is 2.48. The lowest BCUT2D eigenvalue weighted by Crippen LogP contribution is -2.42. The molecule has 1 fully saturated rings. The Morgan fingerprint density at radius 1 is 1.50 bits per heavy atom. The number of hydrogen-bond acceptors (Lipinski definition) is 2. The summed E-state index contributed by atoms with van der Waals surface area (Å²) in [7, 11) is 0. The van der Waals surface area contributed by atoms with E-state index in [1.54, 1.807) is 6.07 Å². The fourth-order valence-corrected chi connectivity index (χ4v) is 2.77. The van der Waals surface area contributed by atoms with Gasteiger partial charge in [-0.2, -0.15) is 0 Å². The zero-order chi connectivity index (χ0) is 13.1. The second-order valence-electron chi connectivity index (χ2n) is 5.01. The summed E-state index contributed by atoms with van der Waals surface area (Å²) < 4.78 is 0. The zero-order valence-electron chi connectivity index (χ0n) is 10.7. The molecule has 0 bridgehead atoms. The van der Waals surface area contributed by atoms with E-state index in [4.69, 9.17) is 17.3 Å². The first-order valence-electron chi connectivity index (χ1n) is 6.36. The molecule has 1 amide bonds. The predicted octanol–water partition coefficient (Wildman–Crippen LogP) is 2.46. The van der Waals surface area contributed by atoms with Crippen molar-refractivity contribution >= 4 is 17.5 Å². The summed E-state index contributed by atoms with van der Waals surface area (Å²) in [6.45, 7) is 4.18. The Kier molecular flexibility index (Phi) is 4.25. The summed E-state index contributed by atoms with van der Waals surface area (Å²) in [6, 6.07) is 5.49. The SMILES string of the molecule is Cc1cc(Cl)cc(C(=O)N2CCCC(CN)C2)c1. The molecule has 0 aliphatic carbocycles. The Balaban J connectivity index is 2.15. The summed E-state index contributed by atoms with van der Waals surface area (Å²) in [5, 5.41) is 0.616. The van der Waals surface area contributed by atoms with Gasteiger partial charge in [0.2, 0.25) is 0 Å². The van der Waals surface area contributed by atoms with Crippen LogP contribution in [0.5, 0.6) is 0 Å². The van der Waals surface area contributed by atoms with E-state index in [1.807, 2.05) is 24.0 Å². The van der Waals surface area contributed by atoms with Crippen LogP contribution in [0.15, 0.2) is 18.2 Å². The van der Waals surface area contributed by atoms with Crippen LogP contribution in [0.25, 0.3) is 0 Å². The minimum Gasteiger partial charge on any atom is -0.338 e. The Morgan fingerprint density at radius 2 is 2.28 bits per heavy atom. The molecule has 1 heterocycles. The van der Waals surface area contributed by atoms with Crippen molar-refractivity contribution in [3.63, 3.8) is 0 Å². The van der Waals surface area contributed by atoms with Crippen molar-refractivity contribution in [3.05, 3.63) is 34.3 Å². The van der Waals surface area contributed by atoms with Gasteiger partial charge in [-0.05, 0) is 56.0 Å². The second kappa shape index (κ2) is 5.72. The number of aryl methyl sites for hydroxylation is 1. The van der Waals surface area contributed by atoms with Crippen LogP contribution in [-0.2, 0) is 0 Å². The molecular formula is C14H19ClN2O. The standard InChI is InChI=1S/C14H19ClN2O/c1-10-5-12(7-13(15)6-10)14(18)17-4-2-3-11(8-16)9-17/h5-7,11H,2-4,8-9,16H2,1H3. The maximum Gasteiger partial charge on any atom is 0.253 e. The number of hydrogen-bond donors (Lipinski definition) is 1. The number of carbonyl (C=O) groups excluding carboxylic acids is 1. The van der Waals surface area contributed by atoms with Gasteiger partial charge in [-0.15, -0.1) is 0 Å². The van der Waals surface area contributed by atoms with E-state index in [2.05, 4.69) is 0 Å². The van der Waals surface area contributed by atoms with Gasteiger partial charge in [0.1, 0.15) is 0 Å². The van der Waals surface area contributed by atoms with E-state index in [1.165, 1.54) is 0 Å². The van der Waals surface area contributed by atoms with Gasteiger partial charge in [0.25, 0.3) is 5.91 Å². The smallest absolute Gasteiger partial charge is 0.253 e. The van der Waals surface area contributed by atoms with Gasteiger partial charge in [-0.3, -0.25) is 4.79 Å². The van der Waals surface area contributed by atoms with Crippen molar-refractivity contribution in [3.8, 4) is 0 Å². The molecule has 98 valence electrons. The molecule has 1 saturated heterocycles. The highest BCUT2D eigenvalue weighted by Crippen LogP contribution is 2.20. The Labute approximate surface area is 113 Å².